The summed E-state index contributed by atoms with van der Waals surface area (Å²) in [5.74, 6) is -1.85. The summed E-state index contributed by atoms with van der Waals surface area (Å²) < 4.78 is 5.01. The van der Waals surface area contributed by atoms with E-state index in [-0.39, 0.29) is 16.4 Å². The highest BCUT2D eigenvalue weighted by molar-refractivity contribution is 6.31. The summed E-state index contributed by atoms with van der Waals surface area (Å²) in [6.45, 7) is 2.72. The molecule has 9 heteroatoms. The molecule has 27 heavy (non-hydrogen) atoms. The highest BCUT2D eigenvalue weighted by Crippen LogP contribution is 2.24. The van der Waals surface area contributed by atoms with Crippen molar-refractivity contribution in [3.05, 3.63) is 68.7 Å². The van der Waals surface area contributed by atoms with Crippen molar-refractivity contribution in [3.8, 4) is 0 Å². The van der Waals surface area contributed by atoms with Crippen LogP contribution in [-0.4, -0.2) is 28.7 Å². The zero-order valence-corrected chi connectivity index (χ0v) is 15.1. The number of ether oxygens (including phenoxy) is 1. The first-order chi connectivity index (χ1) is 12.7. The normalized spacial score (nSPS) is 11.4. The summed E-state index contributed by atoms with van der Waals surface area (Å²) >= 11 is 5.70. The highest BCUT2D eigenvalue weighted by Gasteiger charge is 2.25. The van der Waals surface area contributed by atoms with Crippen molar-refractivity contribution in [3.63, 3.8) is 0 Å². The smallest absolute Gasteiger partial charge is 0.345 e. The zero-order chi connectivity index (χ0) is 20.1. The fourth-order valence-electron chi connectivity index (χ4n) is 2.17. The number of amides is 1. The molecule has 0 aromatic heterocycles. The molecule has 1 atom stereocenters. The number of carbonyl (C=O) groups excluding carboxylic acids is 3. The van der Waals surface area contributed by atoms with Gasteiger partial charge >= 0.3 is 5.97 Å². The quantitative estimate of drug-likeness (QED) is 0.348. The molecule has 2 aromatic rings. The molecule has 0 aliphatic heterocycles. The third kappa shape index (κ3) is 5.11. The van der Waals surface area contributed by atoms with E-state index in [9.17, 15) is 24.5 Å². The van der Waals surface area contributed by atoms with Crippen LogP contribution in [0.4, 0.5) is 11.4 Å². The molecular weight excluding hydrogens is 376 g/mol. The first-order valence-corrected chi connectivity index (χ1v) is 8.13. The van der Waals surface area contributed by atoms with E-state index in [0.717, 1.165) is 12.1 Å². The Hall–Kier alpha value is -3.26. The molecule has 0 bridgehead atoms. The minimum absolute atomic E-state index is 0.0920. The summed E-state index contributed by atoms with van der Waals surface area (Å²) in [6.07, 6.45) is -1.23. The highest BCUT2D eigenvalue weighted by atomic mass is 35.5. The van der Waals surface area contributed by atoms with E-state index in [2.05, 4.69) is 5.32 Å². The lowest BCUT2D eigenvalue weighted by Crippen LogP contribution is -2.30. The molecule has 0 aliphatic carbocycles. The molecule has 8 nitrogen and oxygen atoms in total. The minimum Gasteiger partial charge on any atom is -0.449 e. The van der Waals surface area contributed by atoms with Gasteiger partial charge in [0, 0.05) is 22.3 Å². The van der Waals surface area contributed by atoms with Gasteiger partial charge in [0.15, 0.2) is 11.9 Å². The predicted molar refractivity (Wildman–Crippen MR) is 98.1 cm³/mol. The Balaban J connectivity index is 2.10. The van der Waals surface area contributed by atoms with Gasteiger partial charge < -0.3 is 10.1 Å². The number of nitro groups is 1. The topological polar surface area (TPSA) is 116 Å². The molecule has 140 valence electrons. The molecule has 1 N–H and O–H groups in total. The molecule has 1 amide bonds. The average Bonchev–Trinajstić information content (AvgIpc) is 2.61. The molecule has 0 aliphatic rings. The van der Waals surface area contributed by atoms with Crippen LogP contribution >= 0.6 is 11.6 Å². The van der Waals surface area contributed by atoms with Crippen LogP contribution in [0.25, 0.3) is 0 Å². The molecular formula is C18H15ClN2O6. The van der Waals surface area contributed by atoms with Crippen LogP contribution in [0.5, 0.6) is 0 Å². The van der Waals surface area contributed by atoms with Crippen LogP contribution in [0.15, 0.2) is 42.5 Å². The number of rotatable bonds is 6. The number of halogens is 1. The van der Waals surface area contributed by atoms with Gasteiger partial charge in [-0.3, -0.25) is 19.7 Å². The van der Waals surface area contributed by atoms with Crippen molar-refractivity contribution in [2.75, 3.05) is 5.32 Å². The van der Waals surface area contributed by atoms with Gasteiger partial charge in [0.2, 0.25) is 0 Å². The standard InChI is InChI=1S/C18H15ClN2O6/c1-10(22)12-4-3-5-14(8-12)20-17(23)11(2)27-18(24)15-7-6-13(19)9-16(15)21(25)26/h3-9,11H,1-2H3,(H,20,23). The SMILES string of the molecule is CC(=O)c1cccc(NC(=O)C(C)OC(=O)c2ccc(Cl)cc2[N+](=O)[O-])c1. The van der Waals surface area contributed by atoms with Gasteiger partial charge in [-0.2, -0.15) is 0 Å². The number of nitrogens with zero attached hydrogens (tertiary/aromatic N) is 1. The minimum atomic E-state index is -1.23. The lowest BCUT2D eigenvalue weighted by atomic mass is 10.1. The van der Waals surface area contributed by atoms with E-state index in [0.29, 0.717) is 11.3 Å². The van der Waals surface area contributed by atoms with Gasteiger partial charge in [-0.25, -0.2) is 4.79 Å². The number of esters is 1. The Morgan fingerprint density at radius 2 is 1.89 bits per heavy atom. The number of hydrogen-bond acceptors (Lipinski definition) is 6. The van der Waals surface area contributed by atoms with E-state index in [4.69, 9.17) is 16.3 Å². The summed E-state index contributed by atoms with van der Waals surface area (Å²) in [7, 11) is 0. The van der Waals surface area contributed by atoms with Crippen molar-refractivity contribution >= 4 is 40.6 Å². The molecule has 0 saturated heterocycles. The molecule has 2 rings (SSSR count). The number of anilines is 1. The third-order valence-electron chi connectivity index (χ3n) is 3.57. The first kappa shape index (κ1) is 20.1. The van der Waals surface area contributed by atoms with E-state index < -0.39 is 28.6 Å². The van der Waals surface area contributed by atoms with Gasteiger partial charge in [-0.05, 0) is 38.1 Å². The number of benzene rings is 2. The van der Waals surface area contributed by atoms with Gasteiger partial charge in [0.25, 0.3) is 11.6 Å². The second kappa shape index (κ2) is 8.41. The third-order valence-corrected chi connectivity index (χ3v) is 3.80. The van der Waals surface area contributed by atoms with Gasteiger partial charge in [0.1, 0.15) is 5.56 Å². The number of carbonyl (C=O) groups is 3. The Labute approximate surface area is 159 Å². The van der Waals surface area contributed by atoms with Crippen molar-refractivity contribution in [1.82, 2.24) is 0 Å². The van der Waals surface area contributed by atoms with Crippen molar-refractivity contribution < 1.29 is 24.0 Å². The Kier molecular flexibility index (Phi) is 6.25. The number of ketones is 1. The maximum absolute atomic E-state index is 12.2. The van der Waals surface area contributed by atoms with E-state index in [1.165, 1.54) is 26.0 Å². The van der Waals surface area contributed by atoms with Crippen LogP contribution in [0.2, 0.25) is 5.02 Å². The van der Waals surface area contributed by atoms with Crippen LogP contribution in [-0.2, 0) is 9.53 Å². The molecule has 0 heterocycles. The summed E-state index contributed by atoms with van der Waals surface area (Å²) in [5.41, 5.74) is -0.0702. The van der Waals surface area contributed by atoms with E-state index >= 15 is 0 Å². The van der Waals surface area contributed by atoms with Crippen LogP contribution in [0, 0.1) is 10.1 Å². The zero-order valence-electron chi connectivity index (χ0n) is 14.4. The van der Waals surface area contributed by atoms with Crippen molar-refractivity contribution in [2.45, 2.75) is 20.0 Å². The lowest BCUT2D eigenvalue weighted by Gasteiger charge is -2.14. The average molecular weight is 391 g/mol. The fraction of sp³-hybridized carbons (Fsp3) is 0.167. The number of Topliss-reactive ketones (excluding diaryl/α,β-unsaturated/α-hetero) is 1. The maximum atomic E-state index is 12.2. The molecule has 0 fully saturated rings. The van der Waals surface area contributed by atoms with Crippen LogP contribution in [0.1, 0.15) is 34.6 Å². The summed E-state index contributed by atoms with van der Waals surface area (Å²) in [4.78, 5) is 46.1. The van der Waals surface area contributed by atoms with Gasteiger partial charge in [0.05, 0.1) is 4.92 Å². The van der Waals surface area contributed by atoms with Crippen molar-refractivity contribution in [1.29, 1.82) is 0 Å². The first-order valence-electron chi connectivity index (χ1n) is 7.76. The lowest BCUT2D eigenvalue weighted by molar-refractivity contribution is -0.385. The summed E-state index contributed by atoms with van der Waals surface area (Å²) in [6, 6.07) is 9.74. The van der Waals surface area contributed by atoms with Crippen LogP contribution in [0.3, 0.4) is 0 Å². The van der Waals surface area contributed by atoms with Crippen molar-refractivity contribution in [2.24, 2.45) is 0 Å². The molecule has 2 aromatic carbocycles. The predicted octanol–water partition coefficient (Wildman–Crippen LogP) is 3.63. The maximum Gasteiger partial charge on any atom is 0.345 e. The molecule has 0 spiro atoms. The number of nitro benzene ring substituents is 1. The summed E-state index contributed by atoms with van der Waals surface area (Å²) in [5, 5.41) is 13.7. The second-order valence-electron chi connectivity index (χ2n) is 5.59. The second-order valence-corrected chi connectivity index (χ2v) is 6.03. The largest absolute Gasteiger partial charge is 0.449 e. The Bertz CT molecular complexity index is 928. The van der Waals surface area contributed by atoms with Crippen LogP contribution < -0.4 is 5.32 Å². The number of nitrogens with one attached hydrogen (secondary N) is 1. The van der Waals surface area contributed by atoms with Gasteiger partial charge in [-0.15, -0.1) is 0 Å². The number of hydrogen-bond donors (Lipinski definition) is 1. The molecule has 0 radical (unpaired) electrons. The Morgan fingerprint density at radius 1 is 1.19 bits per heavy atom. The van der Waals surface area contributed by atoms with E-state index in [1.54, 1.807) is 18.2 Å². The van der Waals surface area contributed by atoms with Gasteiger partial charge in [-0.1, -0.05) is 23.7 Å². The fourth-order valence-corrected chi connectivity index (χ4v) is 2.33. The Morgan fingerprint density at radius 3 is 2.52 bits per heavy atom. The van der Waals surface area contributed by atoms with E-state index in [1.807, 2.05) is 0 Å². The molecule has 1 unspecified atom stereocenters. The molecule has 0 saturated carbocycles. The monoisotopic (exact) mass is 390 g/mol.